The Morgan fingerprint density at radius 3 is 1.95 bits per heavy atom. The summed E-state index contributed by atoms with van der Waals surface area (Å²) in [7, 11) is 0. The van der Waals surface area contributed by atoms with Crippen LogP contribution in [0, 0.1) is 0 Å². The molecule has 0 N–H and O–H groups in total. The van der Waals surface area contributed by atoms with Crippen LogP contribution in [0.3, 0.4) is 0 Å². The highest BCUT2D eigenvalue weighted by Gasteiger charge is 2.06. The molecule has 0 atom stereocenters. The lowest BCUT2D eigenvalue weighted by molar-refractivity contribution is 0.104. The van der Waals surface area contributed by atoms with E-state index in [0.29, 0.717) is 29.3 Å². The van der Waals surface area contributed by atoms with E-state index in [0.717, 1.165) is 5.56 Å². The van der Waals surface area contributed by atoms with Crippen LogP contribution < -0.4 is 0 Å². The molecule has 0 bridgehead atoms. The van der Waals surface area contributed by atoms with E-state index >= 15 is 0 Å². The molecule has 20 heavy (non-hydrogen) atoms. The summed E-state index contributed by atoms with van der Waals surface area (Å²) in [4.78, 5) is 33.6. The smallest absolute Gasteiger partial charge is 0.185 e. The van der Waals surface area contributed by atoms with Crippen LogP contribution in [0.4, 0.5) is 0 Å². The minimum Gasteiger partial charge on any atom is -0.298 e. The first kappa shape index (κ1) is 13.6. The van der Waals surface area contributed by atoms with Gasteiger partial charge in [-0.15, -0.1) is 0 Å². The number of rotatable bonds is 5. The summed E-state index contributed by atoms with van der Waals surface area (Å²) in [6, 6.07) is 13.8. The maximum absolute atomic E-state index is 12.0. The van der Waals surface area contributed by atoms with Gasteiger partial charge in [0.1, 0.15) is 12.6 Å². The lowest BCUT2D eigenvalue weighted by Crippen LogP contribution is -1.98. The molecule has 3 heteroatoms. The first-order chi connectivity index (χ1) is 9.72. The first-order valence-corrected chi connectivity index (χ1v) is 6.06. The molecule has 98 valence electrons. The standard InChI is InChI=1S/C17H12O3/c18-11-14-8-15(12-19)10-16(9-14)17(20)7-6-13-4-2-1-3-5-13/h1-12H. The lowest BCUT2D eigenvalue weighted by atomic mass is 10.0. The van der Waals surface area contributed by atoms with Gasteiger partial charge in [0.05, 0.1) is 0 Å². The Morgan fingerprint density at radius 2 is 1.40 bits per heavy atom. The second-order valence-electron chi connectivity index (χ2n) is 4.23. The quantitative estimate of drug-likeness (QED) is 0.473. The molecule has 2 rings (SSSR count). The van der Waals surface area contributed by atoms with Crippen molar-refractivity contribution in [1.82, 2.24) is 0 Å². The van der Waals surface area contributed by atoms with Gasteiger partial charge in [-0.05, 0) is 29.8 Å². The van der Waals surface area contributed by atoms with E-state index < -0.39 is 0 Å². The molecule has 0 radical (unpaired) electrons. The summed E-state index contributed by atoms with van der Waals surface area (Å²) in [5.74, 6) is -0.249. The summed E-state index contributed by atoms with van der Waals surface area (Å²) >= 11 is 0. The second kappa shape index (κ2) is 6.38. The molecular formula is C17H12O3. The van der Waals surface area contributed by atoms with E-state index in [2.05, 4.69) is 0 Å². The van der Waals surface area contributed by atoms with Crippen LogP contribution in [0.5, 0.6) is 0 Å². The van der Waals surface area contributed by atoms with Crippen molar-refractivity contribution in [2.24, 2.45) is 0 Å². The molecule has 0 unspecified atom stereocenters. The molecular weight excluding hydrogens is 252 g/mol. The van der Waals surface area contributed by atoms with Crippen molar-refractivity contribution in [1.29, 1.82) is 0 Å². The van der Waals surface area contributed by atoms with Crippen molar-refractivity contribution in [2.45, 2.75) is 0 Å². The molecule has 0 aliphatic rings. The molecule has 0 saturated carbocycles. The lowest BCUT2D eigenvalue weighted by Gasteiger charge is -2.00. The van der Waals surface area contributed by atoms with Crippen LogP contribution in [0.25, 0.3) is 6.08 Å². The zero-order chi connectivity index (χ0) is 14.4. The van der Waals surface area contributed by atoms with Gasteiger partial charge in [-0.3, -0.25) is 14.4 Å². The summed E-state index contributed by atoms with van der Waals surface area (Å²) in [6.07, 6.45) is 4.35. The molecule has 0 saturated heterocycles. The van der Waals surface area contributed by atoms with Gasteiger partial charge in [-0.25, -0.2) is 0 Å². The summed E-state index contributed by atoms with van der Waals surface area (Å²) in [6.45, 7) is 0. The Kier molecular flexibility index (Phi) is 4.35. The number of hydrogen-bond acceptors (Lipinski definition) is 3. The van der Waals surface area contributed by atoms with Crippen LogP contribution in [0.1, 0.15) is 36.6 Å². The van der Waals surface area contributed by atoms with Gasteiger partial charge in [0.2, 0.25) is 0 Å². The maximum atomic E-state index is 12.0. The van der Waals surface area contributed by atoms with E-state index in [-0.39, 0.29) is 5.78 Å². The third-order valence-corrected chi connectivity index (χ3v) is 2.76. The molecule has 2 aromatic rings. The Bertz CT molecular complexity index is 644. The highest BCUT2D eigenvalue weighted by atomic mass is 16.1. The molecule has 0 heterocycles. The van der Waals surface area contributed by atoms with Crippen LogP contribution >= 0.6 is 0 Å². The molecule has 0 aliphatic heterocycles. The number of ketones is 1. The minimum atomic E-state index is -0.249. The second-order valence-corrected chi connectivity index (χ2v) is 4.23. The average Bonchev–Trinajstić information content (AvgIpc) is 2.52. The van der Waals surface area contributed by atoms with E-state index in [4.69, 9.17) is 0 Å². The fourth-order valence-electron chi connectivity index (χ4n) is 1.79. The number of carbonyl (C=O) groups is 3. The van der Waals surface area contributed by atoms with E-state index in [1.54, 1.807) is 6.08 Å². The van der Waals surface area contributed by atoms with Gasteiger partial charge in [-0.2, -0.15) is 0 Å². The predicted octanol–water partition coefficient (Wildman–Crippen LogP) is 3.21. The van der Waals surface area contributed by atoms with Crippen molar-refractivity contribution in [3.05, 3.63) is 76.9 Å². The average molecular weight is 264 g/mol. The van der Waals surface area contributed by atoms with Crippen LogP contribution in [-0.4, -0.2) is 18.4 Å². The number of hydrogen-bond donors (Lipinski definition) is 0. The van der Waals surface area contributed by atoms with Crippen molar-refractivity contribution in [3.63, 3.8) is 0 Å². The van der Waals surface area contributed by atoms with Crippen molar-refractivity contribution in [2.75, 3.05) is 0 Å². The molecule has 2 aromatic carbocycles. The summed E-state index contributed by atoms with van der Waals surface area (Å²) in [5.41, 5.74) is 1.85. The molecule has 0 fully saturated rings. The first-order valence-electron chi connectivity index (χ1n) is 6.06. The van der Waals surface area contributed by atoms with Crippen LogP contribution in [0.2, 0.25) is 0 Å². The number of aldehydes is 2. The van der Waals surface area contributed by atoms with Crippen LogP contribution in [-0.2, 0) is 0 Å². The van der Waals surface area contributed by atoms with E-state index in [9.17, 15) is 14.4 Å². The predicted molar refractivity (Wildman–Crippen MR) is 77.0 cm³/mol. The fraction of sp³-hybridized carbons (Fsp3) is 0. The maximum Gasteiger partial charge on any atom is 0.185 e. The van der Waals surface area contributed by atoms with Gasteiger partial charge in [-0.1, -0.05) is 36.4 Å². The highest BCUT2D eigenvalue weighted by molar-refractivity contribution is 6.08. The van der Waals surface area contributed by atoms with E-state index in [1.807, 2.05) is 30.3 Å². The van der Waals surface area contributed by atoms with Gasteiger partial charge in [0.25, 0.3) is 0 Å². The Hall–Kier alpha value is -2.81. The van der Waals surface area contributed by atoms with E-state index in [1.165, 1.54) is 24.3 Å². The fourth-order valence-corrected chi connectivity index (χ4v) is 1.79. The van der Waals surface area contributed by atoms with Crippen molar-refractivity contribution in [3.8, 4) is 0 Å². The van der Waals surface area contributed by atoms with Gasteiger partial charge < -0.3 is 0 Å². The molecule has 0 amide bonds. The molecule has 3 nitrogen and oxygen atoms in total. The van der Waals surface area contributed by atoms with Crippen molar-refractivity contribution < 1.29 is 14.4 Å². The van der Waals surface area contributed by atoms with Gasteiger partial charge >= 0.3 is 0 Å². The Balaban J connectivity index is 2.27. The summed E-state index contributed by atoms with van der Waals surface area (Å²) in [5, 5.41) is 0. The molecule has 0 aliphatic carbocycles. The minimum absolute atomic E-state index is 0.249. The summed E-state index contributed by atoms with van der Waals surface area (Å²) < 4.78 is 0. The molecule has 0 aromatic heterocycles. The number of benzene rings is 2. The zero-order valence-electron chi connectivity index (χ0n) is 10.7. The normalized spacial score (nSPS) is 10.4. The Labute approximate surface area is 116 Å². The van der Waals surface area contributed by atoms with Gasteiger partial charge in [0.15, 0.2) is 5.78 Å². The molecule has 0 spiro atoms. The number of carbonyl (C=O) groups excluding carboxylic acids is 3. The zero-order valence-corrected chi connectivity index (χ0v) is 10.7. The third kappa shape index (κ3) is 3.36. The SMILES string of the molecule is O=Cc1cc(C=O)cc(C(=O)C=Cc2ccccc2)c1. The topological polar surface area (TPSA) is 51.2 Å². The Morgan fingerprint density at radius 1 is 0.800 bits per heavy atom. The van der Waals surface area contributed by atoms with Crippen molar-refractivity contribution >= 4 is 24.4 Å². The van der Waals surface area contributed by atoms with Gasteiger partial charge in [0, 0.05) is 16.7 Å². The third-order valence-electron chi connectivity index (χ3n) is 2.76. The largest absolute Gasteiger partial charge is 0.298 e. The monoisotopic (exact) mass is 264 g/mol. The van der Waals surface area contributed by atoms with Crippen LogP contribution in [0.15, 0.2) is 54.6 Å². The highest BCUT2D eigenvalue weighted by Crippen LogP contribution is 2.10. The number of allylic oxidation sites excluding steroid dienone is 1.